The number of fused-ring (bicyclic) bond motifs is 3. The third-order valence-corrected chi connectivity index (χ3v) is 9.72. The number of pyridine rings is 1. The van der Waals surface area contributed by atoms with E-state index >= 15 is 0 Å². The van der Waals surface area contributed by atoms with Gasteiger partial charge in [-0.15, -0.1) is 0 Å². The maximum absolute atomic E-state index is 14.7. The Morgan fingerprint density at radius 2 is 1.75 bits per heavy atom. The number of carbonyl (C=O) groups is 1. The van der Waals surface area contributed by atoms with E-state index in [4.69, 9.17) is 0 Å². The summed E-state index contributed by atoms with van der Waals surface area (Å²) in [4.78, 5) is 18.6. The molecule has 3 atom stereocenters. The molecule has 36 heavy (non-hydrogen) atoms. The third kappa shape index (κ3) is 4.09. The zero-order valence-corrected chi connectivity index (χ0v) is 21.0. The number of aliphatic hydroxyl groups is 1. The Balaban J connectivity index is 1.89. The maximum Gasteiger partial charge on any atom is 0.428 e. The van der Waals surface area contributed by atoms with Gasteiger partial charge in [0.05, 0.1) is 28.7 Å². The van der Waals surface area contributed by atoms with Gasteiger partial charge in [-0.1, -0.05) is 24.3 Å². The topological polar surface area (TPSA) is 87.6 Å². The number of carbonyl (C=O) groups excluding carboxylic acids is 1. The van der Waals surface area contributed by atoms with E-state index in [0.29, 0.717) is 6.92 Å². The van der Waals surface area contributed by atoms with Crippen LogP contribution in [0.15, 0.2) is 47.4 Å². The number of hydrogen-bond acceptors (Lipinski definition) is 5. The molecular weight excluding hydrogens is 500 g/mol. The van der Waals surface area contributed by atoms with Crippen molar-refractivity contribution in [1.29, 1.82) is 0 Å². The minimum atomic E-state index is -5.20. The van der Waals surface area contributed by atoms with E-state index in [1.807, 2.05) is 0 Å². The van der Waals surface area contributed by atoms with Gasteiger partial charge in [0.2, 0.25) is 11.6 Å². The molecule has 2 aliphatic rings. The number of sulfone groups is 1. The summed E-state index contributed by atoms with van der Waals surface area (Å²) in [7, 11) is -4.17. The zero-order chi connectivity index (χ0) is 26.7. The predicted octanol–water partition coefficient (Wildman–Crippen LogP) is 4.21. The largest absolute Gasteiger partial charge is 0.428 e. The summed E-state index contributed by atoms with van der Waals surface area (Å²) in [5.41, 5.74) is -5.61. The number of hydrogen-bond donors (Lipinski definition) is 1. The van der Waals surface area contributed by atoms with Crippen molar-refractivity contribution in [3.8, 4) is 0 Å². The van der Waals surface area contributed by atoms with Gasteiger partial charge in [-0.25, -0.2) is 12.8 Å². The molecule has 0 radical (unpaired) electrons. The zero-order valence-electron chi connectivity index (χ0n) is 20.1. The van der Waals surface area contributed by atoms with Crippen LogP contribution in [0, 0.1) is 0 Å². The van der Waals surface area contributed by atoms with Crippen LogP contribution in [0.3, 0.4) is 0 Å². The number of aryl methyl sites for hydroxylation is 1. The molecule has 0 bridgehead atoms. The van der Waals surface area contributed by atoms with Crippen LogP contribution in [-0.4, -0.2) is 53.7 Å². The molecule has 6 nitrogen and oxygen atoms in total. The van der Waals surface area contributed by atoms with Gasteiger partial charge in [-0.3, -0.25) is 9.78 Å². The highest BCUT2D eigenvalue weighted by atomic mass is 32.2. The standard InChI is InChI=1S/C25H28F4N2O4S/c1-22(2,33)15-21(32)31-14-13-24(36(34,35)16-7-5-4-6-8-16)17-9-11-19(23(3,26)25(27,28)29)30-18(17)10-12-20(24)31/h4-9,11,20,33H,10,12-15H2,1-3H3. The SMILES string of the molecule is CC(C)(O)CC(=O)N1CCC2(S(=O)(=O)c3ccccc3)c3ccc(C(C)(F)C(F)(F)F)nc3CCC12. The number of amides is 1. The second kappa shape index (κ2) is 8.51. The van der Waals surface area contributed by atoms with Crippen molar-refractivity contribution < 1.29 is 35.9 Å². The molecule has 0 saturated carbocycles. The molecule has 11 heteroatoms. The lowest BCUT2D eigenvalue weighted by Gasteiger charge is -2.42. The van der Waals surface area contributed by atoms with Crippen LogP contribution in [0.1, 0.15) is 57.0 Å². The molecule has 1 aromatic heterocycles. The van der Waals surface area contributed by atoms with Gasteiger partial charge in [0, 0.05) is 12.2 Å². The van der Waals surface area contributed by atoms with Gasteiger partial charge in [-0.2, -0.15) is 13.2 Å². The molecule has 1 aliphatic heterocycles. The first-order valence-electron chi connectivity index (χ1n) is 11.6. The normalized spacial score (nSPS) is 24.1. The fourth-order valence-corrected chi connectivity index (χ4v) is 7.73. The molecule has 2 heterocycles. The van der Waals surface area contributed by atoms with Gasteiger partial charge in [0.1, 0.15) is 4.75 Å². The van der Waals surface area contributed by atoms with Crippen LogP contribution in [-0.2, 0) is 31.5 Å². The number of halogens is 4. The van der Waals surface area contributed by atoms with Crippen LogP contribution in [0.5, 0.6) is 0 Å². The molecule has 2 aromatic rings. The Hall–Kier alpha value is -2.53. The first-order valence-corrected chi connectivity index (χ1v) is 13.1. The number of likely N-dealkylation sites (tertiary alicyclic amines) is 1. The smallest absolute Gasteiger partial charge is 0.390 e. The number of rotatable bonds is 5. The van der Waals surface area contributed by atoms with E-state index in [2.05, 4.69) is 4.98 Å². The van der Waals surface area contributed by atoms with E-state index in [1.165, 1.54) is 36.9 Å². The summed E-state index contributed by atoms with van der Waals surface area (Å²) in [6, 6.07) is 8.93. The molecule has 0 spiro atoms. The second-order valence-electron chi connectivity index (χ2n) is 10.3. The third-order valence-electron chi connectivity index (χ3n) is 7.17. The summed E-state index contributed by atoms with van der Waals surface area (Å²) in [6.45, 7) is 3.42. The molecular formula is C25H28F4N2O4S. The van der Waals surface area contributed by atoms with Crippen LogP contribution < -0.4 is 0 Å². The minimum Gasteiger partial charge on any atom is -0.390 e. The highest BCUT2D eigenvalue weighted by Gasteiger charge is 2.62. The second-order valence-corrected chi connectivity index (χ2v) is 12.5. The van der Waals surface area contributed by atoms with Crippen LogP contribution in [0.2, 0.25) is 0 Å². The summed E-state index contributed by atoms with van der Waals surface area (Å²) in [5, 5.41) is 10.2. The van der Waals surface area contributed by atoms with Crippen molar-refractivity contribution in [3.05, 3.63) is 59.4 Å². The molecule has 4 rings (SSSR count). The minimum absolute atomic E-state index is 0.00726. The number of benzene rings is 1. The van der Waals surface area contributed by atoms with Crippen molar-refractivity contribution >= 4 is 15.7 Å². The molecule has 1 saturated heterocycles. The summed E-state index contributed by atoms with van der Waals surface area (Å²) >= 11 is 0. The first kappa shape index (κ1) is 26.5. The van der Waals surface area contributed by atoms with Crippen molar-refractivity contribution in [2.75, 3.05) is 6.54 Å². The van der Waals surface area contributed by atoms with Gasteiger partial charge in [-0.05, 0) is 63.8 Å². The highest BCUT2D eigenvalue weighted by molar-refractivity contribution is 7.92. The Bertz CT molecular complexity index is 1270. The van der Waals surface area contributed by atoms with Crippen LogP contribution in [0.4, 0.5) is 17.6 Å². The predicted molar refractivity (Wildman–Crippen MR) is 123 cm³/mol. The average Bonchev–Trinajstić information content (AvgIpc) is 3.19. The van der Waals surface area contributed by atoms with E-state index in [9.17, 15) is 35.9 Å². The molecule has 1 fully saturated rings. The summed E-state index contributed by atoms with van der Waals surface area (Å²) in [6.07, 6.45) is -5.25. The maximum atomic E-state index is 14.7. The molecule has 1 N–H and O–H groups in total. The first-order chi connectivity index (χ1) is 16.5. The highest BCUT2D eigenvalue weighted by Crippen LogP contribution is 2.53. The summed E-state index contributed by atoms with van der Waals surface area (Å²) in [5.74, 6) is -0.418. The summed E-state index contributed by atoms with van der Waals surface area (Å²) < 4.78 is 81.4. The van der Waals surface area contributed by atoms with Crippen molar-refractivity contribution in [2.24, 2.45) is 0 Å². The van der Waals surface area contributed by atoms with Crippen LogP contribution in [0.25, 0.3) is 0 Å². The monoisotopic (exact) mass is 528 g/mol. The molecule has 1 aromatic carbocycles. The Morgan fingerprint density at radius 1 is 1.11 bits per heavy atom. The molecule has 1 aliphatic carbocycles. The van der Waals surface area contributed by atoms with E-state index in [0.717, 1.165) is 6.07 Å². The van der Waals surface area contributed by atoms with E-state index in [1.54, 1.807) is 18.2 Å². The number of alkyl halides is 4. The lowest BCUT2D eigenvalue weighted by Crippen LogP contribution is -2.53. The van der Waals surface area contributed by atoms with E-state index < -0.39 is 49.7 Å². The quantitative estimate of drug-likeness (QED) is 0.588. The lowest BCUT2D eigenvalue weighted by molar-refractivity contribution is -0.230. The van der Waals surface area contributed by atoms with Crippen LogP contribution >= 0.6 is 0 Å². The van der Waals surface area contributed by atoms with Gasteiger partial charge in [0.25, 0.3) is 0 Å². The molecule has 196 valence electrons. The van der Waals surface area contributed by atoms with Gasteiger partial charge >= 0.3 is 6.18 Å². The average molecular weight is 529 g/mol. The van der Waals surface area contributed by atoms with Gasteiger partial charge < -0.3 is 10.0 Å². The van der Waals surface area contributed by atoms with Gasteiger partial charge in [0.15, 0.2) is 9.84 Å². The fraction of sp³-hybridized carbons (Fsp3) is 0.520. The lowest BCUT2D eigenvalue weighted by atomic mass is 9.80. The Labute approximate surface area is 207 Å². The van der Waals surface area contributed by atoms with Crippen molar-refractivity contribution in [3.63, 3.8) is 0 Å². The van der Waals surface area contributed by atoms with Crippen molar-refractivity contribution in [1.82, 2.24) is 9.88 Å². The van der Waals surface area contributed by atoms with E-state index in [-0.39, 0.29) is 48.4 Å². The molecule has 1 amide bonds. The Morgan fingerprint density at radius 3 is 2.33 bits per heavy atom. The Kier molecular flexibility index (Phi) is 6.27. The molecule has 3 unspecified atom stereocenters. The number of aromatic nitrogens is 1. The van der Waals surface area contributed by atoms with Crippen molar-refractivity contribution in [2.45, 2.75) is 79.6 Å². The fourth-order valence-electron chi connectivity index (χ4n) is 5.36. The number of nitrogens with zero attached hydrogens (tertiary/aromatic N) is 2.